The Kier molecular flexibility index (Phi) is 4.71. The molecule has 0 aliphatic heterocycles. The van der Waals surface area contributed by atoms with Crippen molar-refractivity contribution in [1.29, 1.82) is 0 Å². The van der Waals surface area contributed by atoms with Gasteiger partial charge in [-0.2, -0.15) is 5.10 Å². The van der Waals surface area contributed by atoms with Gasteiger partial charge in [0.15, 0.2) is 0 Å². The molecule has 0 radical (unpaired) electrons. The molecule has 0 fully saturated rings. The molecule has 1 atom stereocenters. The number of aromatic nitrogens is 2. The second kappa shape index (κ2) is 6.50. The van der Waals surface area contributed by atoms with Crippen molar-refractivity contribution in [3.63, 3.8) is 0 Å². The molecule has 0 aliphatic carbocycles. The summed E-state index contributed by atoms with van der Waals surface area (Å²) in [7, 11) is 1.94. The average molecular weight is 258 g/mol. The van der Waals surface area contributed by atoms with Crippen LogP contribution in [0.15, 0.2) is 36.7 Å². The van der Waals surface area contributed by atoms with Gasteiger partial charge in [-0.1, -0.05) is 31.2 Å². The summed E-state index contributed by atoms with van der Waals surface area (Å²) in [6, 6.07) is 8.85. The van der Waals surface area contributed by atoms with E-state index >= 15 is 0 Å². The van der Waals surface area contributed by atoms with Crippen LogP contribution in [0, 0.1) is 0 Å². The molecule has 1 unspecified atom stereocenters. The number of nitrogens with two attached hydrogens (primary N) is 1. The summed E-state index contributed by atoms with van der Waals surface area (Å²) in [5.74, 6) is 5.67. The van der Waals surface area contributed by atoms with Crippen molar-refractivity contribution in [1.82, 2.24) is 15.2 Å². The fraction of sp³-hybridized carbons (Fsp3) is 0.400. The van der Waals surface area contributed by atoms with E-state index in [0.29, 0.717) is 0 Å². The maximum absolute atomic E-state index is 5.67. The minimum absolute atomic E-state index is 0.186. The molecule has 0 saturated carbocycles. The number of hydrogen-bond donors (Lipinski definition) is 2. The van der Waals surface area contributed by atoms with Crippen molar-refractivity contribution < 1.29 is 0 Å². The largest absolute Gasteiger partial charge is 0.276 e. The first kappa shape index (κ1) is 13.8. The Morgan fingerprint density at radius 3 is 2.53 bits per heavy atom. The van der Waals surface area contributed by atoms with E-state index in [1.54, 1.807) is 0 Å². The van der Waals surface area contributed by atoms with Crippen LogP contribution in [0.2, 0.25) is 0 Å². The summed E-state index contributed by atoms with van der Waals surface area (Å²) in [5.41, 5.74) is 6.74. The highest BCUT2D eigenvalue weighted by atomic mass is 15.2. The Bertz CT molecular complexity index is 501. The molecule has 1 aromatic carbocycles. The van der Waals surface area contributed by atoms with E-state index in [-0.39, 0.29) is 6.04 Å². The summed E-state index contributed by atoms with van der Waals surface area (Å²) >= 11 is 0. The number of aryl methyl sites for hydroxylation is 3. The van der Waals surface area contributed by atoms with Crippen LogP contribution in [0.3, 0.4) is 0 Å². The molecular formula is C15H22N4. The van der Waals surface area contributed by atoms with E-state index in [1.165, 1.54) is 16.7 Å². The molecular weight excluding hydrogens is 236 g/mol. The second-order valence-electron chi connectivity index (χ2n) is 4.88. The van der Waals surface area contributed by atoms with E-state index in [2.05, 4.69) is 41.7 Å². The molecule has 0 aliphatic rings. The predicted molar refractivity (Wildman–Crippen MR) is 77.4 cm³/mol. The topological polar surface area (TPSA) is 55.9 Å². The molecule has 1 heterocycles. The standard InChI is InChI=1S/C15H22N4/c1-3-12-4-7-14(8-5-12)15(18-16)9-6-13-10-17-19(2)11-13/h4-5,7-8,10-11,15,18H,3,6,9,16H2,1-2H3. The molecule has 19 heavy (non-hydrogen) atoms. The van der Waals surface area contributed by atoms with Crippen LogP contribution < -0.4 is 11.3 Å². The highest BCUT2D eigenvalue weighted by molar-refractivity contribution is 5.25. The maximum Gasteiger partial charge on any atom is 0.0521 e. The first-order chi connectivity index (χ1) is 9.22. The number of nitrogens with one attached hydrogen (secondary N) is 1. The lowest BCUT2D eigenvalue weighted by molar-refractivity contribution is 0.516. The fourth-order valence-electron chi connectivity index (χ4n) is 2.24. The monoisotopic (exact) mass is 258 g/mol. The van der Waals surface area contributed by atoms with Crippen LogP contribution in [0.4, 0.5) is 0 Å². The third-order valence-electron chi connectivity index (χ3n) is 3.47. The number of hydrogen-bond acceptors (Lipinski definition) is 3. The van der Waals surface area contributed by atoms with Crippen molar-refractivity contribution in [2.24, 2.45) is 12.9 Å². The molecule has 0 spiro atoms. The Morgan fingerprint density at radius 2 is 2.00 bits per heavy atom. The van der Waals surface area contributed by atoms with Gasteiger partial charge in [0.1, 0.15) is 0 Å². The molecule has 3 N–H and O–H groups in total. The van der Waals surface area contributed by atoms with E-state index in [1.807, 2.05) is 24.1 Å². The van der Waals surface area contributed by atoms with E-state index < -0.39 is 0 Å². The van der Waals surface area contributed by atoms with Crippen LogP contribution >= 0.6 is 0 Å². The number of benzene rings is 1. The van der Waals surface area contributed by atoms with Crippen molar-refractivity contribution >= 4 is 0 Å². The summed E-state index contributed by atoms with van der Waals surface area (Å²) in [6.45, 7) is 2.16. The fourth-order valence-corrected chi connectivity index (χ4v) is 2.24. The van der Waals surface area contributed by atoms with Gasteiger partial charge in [0, 0.05) is 19.3 Å². The molecule has 0 amide bonds. The van der Waals surface area contributed by atoms with E-state index in [9.17, 15) is 0 Å². The van der Waals surface area contributed by atoms with Crippen LogP contribution in [0.25, 0.3) is 0 Å². The van der Waals surface area contributed by atoms with E-state index in [0.717, 1.165) is 19.3 Å². The number of hydrazine groups is 1. The predicted octanol–water partition coefficient (Wildman–Crippen LogP) is 2.12. The maximum atomic E-state index is 5.67. The second-order valence-corrected chi connectivity index (χ2v) is 4.88. The molecule has 4 heteroatoms. The molecule has 4 nitrogen and oxygen atoms in total. The molecule has 0 saturated heterocycles. The number of rotatable bonds is 6. The van der Waals surface area contributed by atoms with Crippen molar-refractivity contribution in [2.75, 3.05) is 0 Å². The third-order valence-corrected chi connectivity index (χ3v) is 3.47. The smallest absolute Gasteiger partial charge is 0.0521 e. The molecule has 2 aromatic rings. The molecule has 2 rings (SSSR count). The summed E-state index contributed by atoms with van der Waals surface area (Å²) in [6.07, 6.45) is 6.96. The van der Waals surface area contributed by atoms with Gasteiger partial charge in [0.05, 0.1) is 6.20 Å². The molecule has 1 aromatic heterocycles. The van der Waals surface area contributed by atoms with Crippen LogP contribution in [0.1, 0.15) is 36.1 Å². The quantitative estimate of drug-likeness (QED) is 0.616. The first-order valence-electron chi connectivity index (χ1n) is 6.75. The minimum Gasteiger partial charge on any atom is -0.276 e. The Morgan fingerprint density at radius 1 is 1.26 bits per heavy atom. The number of nitrogens with zero attached hydrogens (tertiary/aromatic N) is 2. The zero-order chi connectivity index (χ0) is 13.7. The SMILES string of the molecule is CCc1ccc(C(CCc2cnn(C)c2)NN)cc1. The van der Waals surface area contributed by atoms with Crippen molar-refractivity contribution in [3.8, 4) is 0 Å². The van der Waals surface area contributed by atoms with Crippen molar-refractivity contribution in [2.45, 2.75) is 32.2 Å². The zero-order valence-electron chi connectivity index (χ0n) is 11.6. The lowest BCUT2D eigenvalue weighted by Gasteiger charge is -2.16. The minimum atomic E-state index is 0.186. The Hall–Kier alpha value is -1.65. The molecule has 0 bridgehead atoms. The lowest BCUT2D eigenvalue weighted by atomic mass is 9.99. The molecule has 102 valence electrons. The Labute approximate surface area is 114 Å². The Balaban J connectivity index is 1.98. The average Bonchev–Trinajstić information content (AvgIpc) is 2.86. The van der Waals surface area contributed by atoms with Crippen LogP contribution in [-0.4, -0.2) is 9.78 Å². The summed E-state index contributed by atoms with van der Waals surface area (Å²) in [5, 5.41) is 4.18. The van der Waals surface area contributed by atoms with Gasteiger partial charge in [0.25, 0.3) is 0 Å². The summed E-state index contributed by atoms with van der Waals surface area (Å²) < 4.78 is 1.83. The van der Waals surface area contributed by atoms with Crippen molar-refractivity contribution in [3.05, 3.63) is 53.3 Å². The van der Waals surface area contributed by atoms with Gasteiger partial charge >= 0.3 is 0 Å². The highest BCUT2D eigenvalue weighted by Crippen LogP contribution is 2.19. The first-order valence-corrected chi connectivity index (χ1v) is 6.75. The third kappa shape index (κ3) is 3.66. The van der Waals surface area contributed by atoms with Gasteiger partial charge in [-0.05, 0) is 36.0 Å². The van der Waals surface area contributed by atoms with Crippen LogP contribution in [0.5, 0.6) is 0 Å². The lowest BCUT2D eigenvalue weighted by Crippen LogP contribution is -2.28. The van der Waals surface area contributed by atoms with Gasteiger partial charge in [0.2, 0.25) is 0 Å². The summed E-state index contributed by atoms with van der Waals surface area (Å²) in [4.78, 5) is 0. The van der Waals surface area contributed by atoms with Gasteiger partial charge in [-0.3, -0.25) is 16.0 Å². The highest BCUT2D eigenvalue weighted by Gasteiger charge is 2.10. The normalized spacial score (nSPS) is 12.6. The van der Waals surface area contributed by atoms with Gasteiger partial charge in [-0.15, -0.1) is 0 Å². The van der Waals surface area contributed by atoms with Crippen LogP contribution in [-0.2, 0) is 19.9 Å². The van der Waals surface area contributed by atoms with Gasteiger partial charge < -0.3 is 0 Å². The van der Waals surface area contributed by atoms with Gasteiger partial charge in [-0.25, -0.2) is 0 Å². The van der Waals surface area contributed by atoms with E-state index in [4.69, 9.17) is 5.84 Å². The zero-order valence-corrected chi connectivity index (χ0v) is 11.6.